The fourth-order valence-electron chi connectivity index (χ4n) is 3.70. The number of carbonyl (C=O) groups excluding carboxylic acids is 1. The number of carboxylic acid groups (broad SMARTS) is 1. The molecule has 0 heterocycles. The third kappa shape index (κ3) is 6.11. The molecule has 1 unspecified atom stereocenters. The van der Waals surface area contributed by atoms with E-state index in [-0.39, 0.29) is 11.7 Å². The molecule has 162 valence electrons. The van der Waals surface area contributed by atoms with Crippen LogP contribution in [0.2, 0.25) is 0 Å². The first-order valence-corrected chi connectivity index (χ1v) is 11.5. The fourth-order valence-corrected chi connectivity index (χ4v) is 4.11. The number of thioether (sulfide) groups is 1. The highest BCUT2D eigenvalue weighted by Crippen LogP contribution is 2.32. The highest BCUT2D eigenvalue weighted by atomic mass is 32.2. The summed E-state index contributed by atoms with van der Waals surface area (Å²) in [5.41, 5.74) is 2.28. The summed E-state index contributed by atoms with van der Waals surface area (Å²) in [4.78, 5) is 25.5. The van der Waals surface area contributed by atoms with Crippen molar-refractivity contribution < 1.29 is 19.4 Å². The third-order valence-electron chi connectivity index (χ3n) is 5.15. The van der Waals surface area contributed by atoms with E-state index in [0.29, 0.717) is 25.0 Å². The van der Waals surface area contributed by atoms with Crippen LogP contribution in [0, 0.1) is 19.8 Å². The van der Waals surface area contributed by atoms with Crippen LogP contribution in [0.4, 0.5) is 0 Å². The second-order valence-electron chi connectivity index (χ2n) is 8.45. The molecule has 0 saturated heterocycles. The summed E-state index contributed by atoms with van der Waals surface area (Å²) in [6, 6.07) is 11.7. The van der Waals surface area contributed by atoms with Gasteiger partial charge in [-0.15, -0.1) is 11.8 Å². The minimum Gasteiger partial charge on any atom is -0.478 e. The molecule has 2 aromatic rings. The van der Waals surface area contributed by atoms with Crippen LogP contribution in [0.1, 0.15) is 60.7 Å². The van der Waals surface area contributed by atoms with Crippen LogP contribution in [0.5, 0.6) is 5.75 Å². The van der Waals surface area contributed by atoms with Gasteiger partial charge in [-0.2, -0.15) is 0 Å². The van der Waals surface area contributed by atoms with Crippen LogP contribution in [-0.2, 0) is 11.2 Å². The van der Waals surface area contributed by atoms with Crippen LogP contribution in [0.3, 0.4) is 0 Å². The molecule has 2 rings (SSSR count). The number of aliphatic carboxylic acids is 1. The average molecular weight is 429 g/mol. The van der Waals surface area contributed by atoms with Gasteiger partial charge < -0.3 is 9.84 Å². The maximum atomic E-state index is 12.5. The van der Waals surface area contributed by atoms with E-state index in [0.717, 1.165) is 27.1 Å². The summed E-state index contributed by atoms with van der Waals surface area (Å²) >= 11 is 1.65. The van der Waals surface area contributed by atoms with Crippen molar-refractivity contribution in [1.29, 1.82) is 0 Å². The van der Waals surface area contributed by atoms with Crippen LogP contribution in [0.15, 0.2) is 41.3 Å². The van der Waals surface area contributed by atoms with E-state index in [2.05, 4.69) is 0 Å². The number of benzene rings is 2. The maximum Gasteiger partial charge on any atom is 0.347 e. The summed E-state index contributed by atoms with van der Waals surface area (Å²) in [6.45, 7) is 9.44. The number of Topliss-reactive ketones (excluding diaryl/α,β-unsaturated/α-hetero) is 1. The number of aryl methyl sites for hydroxylation is 3. The molecule has 0 radical (unpaired) electrons. The molecular formula is C25H32O4S. The quantitative estimate of drug-likeness (QED) is 0.365. The lowest BCUT2D eigenvalue weighted by Gasteiger charge is -2.30. The second kappa shape index (κ2) is 10.2. The van der Waals surface area contributed by atoms with Crippen molar-refractivity contribution in [3.8, 4) is 5.75 Å². The molecule has 1 atom stereocenters. The SMILES string of the molecule is CSc1ccc(C(=O)CCc2cc(C)c(OC(C)(CC(C)C)C(=O)O)c(C)c2)cc1. The number of ketones is 1. The van der Waals surface area contributed by atoms with Crippen molar-refractivity contribution in [3.05, 3.63) is 58.7 Å². The van der Waals surface area contributed by atoms with Gasteiger partial charge in [0.2, 0.25) is 5.60 Å². The lowest BCUT2D eigenvalue weighted by molar-refractivity contribution is -0.155. The molecule has 0 saturated carbocycles. The van der Waals surface area contributed by atoms with Crippen LogP contribution < -0.4 is 4.74 Å². The Bertz CT molecular complexity index is 879. The first-order valence-electron chi connectivity index (χ1n) is 10.3. The number of hydrogen-bond acceptors (Lipinski definition) is 4. The van der Waals surface area contributed by atoms with Crippen molar-refractivity contribution in [2.45, 2.75) is 64.4 Å². The molecule has 5 heteroatoms. The molecule has 0 aliphatic heterocycles. The number of rotatable bonds is 10. The number of hydrogen-bond donors (Lipinski definition) is 1. The maximum absolute atomic E-state index is 12.5. The number of carbonyl (C=O) groups is 2. The van der Waals surface area contributed by atoms with E-state index in [1.165, 1.54) is 0 Å². The highest BCUT2D eigenvalue weighted by molar-refractivity contribution is 7.98. The molecule has 0 aromatic heterocycles. The zero-order valence-corrected chi connectivity index (χ0v) is 19.6. The normalized spacial score (nSPS) is 13.2. The predicted molar refractivity (Wildman–Crippen MR) is 123 cm³/mol. The Labute approximate surface area is 184 Å². The molecule has 4 nitrogen and oxygen atoms in total. The van der Waals surface area contributed by atoms with Crippen molar-refractivity contribution in [1.82, 2.24) is 0 Å². The summed E-state index contributed by atoms with van der Waals surface area (Å²) in [6.07, 6.45) is 3.49. The van der Waals surface area contributed by atoms with E-state index >= 15 is 0 Å². The van der Waals surface area contributed by atoms with Crippen molar-refractivity contribution >= 4 is 23.5 Å². The molecule has 0 aliphatic rings. The lowest BCUT2D eigenvalue weighted by Crippen LogP contribution is -2.43. The van der Waals surface area contributed by atoms with Gasteiger partial charge in [0.1, 0.15) is 5.75 Å². The fraction of sp³-hybridized carbons (Fsp3) is 0.440. The third-order valence-corrected chi connectivity index (χ3v) is 5.89. The van der Waals surface area contributed by atoms with Crippen LogP contribution >= 0.6 is 11.8 Å². The molecule has 2 aromatic carbocycles. The van der Waals surface area contributed by atoms with E-state index in [1.807, 2.05) is 70.3 Å². The van der Waals surface area contributed by atoms with Gasteiger partial charge in [0.25, 0.3) is 0 Å². The van der Waals surface area contributed by atoms with Crippen molar-refractivity contribution in [3.63, 3.8) is 0 Å². The van der Waals surface area contributed by atoms with Gasteiger partial charge in [0.05, 0.1) is 0 Å². The molecular weight excluding hydrogens is 396 g/mol. The Hall–Kier alpha value is -2.27. The van der Waals surface area contributed by atoms with E-state index in [9.17, 15) is 14.7 Å². The zero-order valence-electron chi connectivity index (χ0n) is 18.7. The van der Waals surface area contributed by atoms with Gasteiger partial charge >= 0.3 is 5.97 Å². The molecule has 0 aliphatic carbocycles. The first kappa shape index (κ1) is 24.0. The monoisotopic (exact) mass is 428 g/mol. The predicted octanol–water partition coefficient (Wildman–Crippen LogP) is 6.11. The Morgan fingerprint density at radius 1 is 1.10 bits per heavy atom. The summed E-state index contributed by atoms with van der Waals surface area (Å²) < 4.78 is 6.04. The summed E-state index contributed by atoms with van der Waals surface area (Å²) in [5, 5.41) is 9.70. The standard InChI is InChI=1S/C25H32O4S/c1-16(2)15-25(5,24(27)28)29-23-17(3)13-19(14-18(23)4)7-12-22(26)20-8-10-21(30-6)11-9-20/h8-11,13-14,16H,7,12,15H2,1-6H3,(H,27,28). The highest BCUT2D eigenvalue weighted by Gasteiger charge is 2.37. The van der Waals surface area contributed by atoms with Gasteiger partial charge in [-0.05, 0) is 68.2 Å². The van der Waals surface area contributed by atoms with Crippen LogP contribution in [0.25, 0.3) is 0 Å². The number of ether oxygens (including phenoxy) is 1. The first-order chi connectivity index (χ1) is 14.1. The van der Waals surface area contributed by atoms with E-state index in [1.54, 1.807) is 18.7 Å². The Balaban J connectivity index is 2.13. The smallest absolute Gasteiger partial charge is 0.347 e. The van der Waals surface area contributed by atoms with Gasteiger partial charge in [-0.1, -0.05) is 38.1 Å². The minimum absolute atomic E-state index is 0.119. The Kier molecular flexibility index (Phi) is 8.13. The van der Waals surface area contributed by atoms with Gasteiger partial charge in [-0.3, -0.25) is 4.79 Å². The van der Waals surface area contributed by atoms with Gasteiger partial charge in [-0.25, -0.2) is 4.79 Å². The second-order valence-corrected chi connectivity index (χ2v) is 9.33. The Morgan fingerprint density at radius 2 is 1.67 bits per heavy atom. The van der Waals surface area contributed by atoms with Crippen LogP contribution in [-0.4, -0.2) is 28.7 Å². The van der Waals surface area contributed by atoms with E-state index < -0.39 is 11.6 Å². The molecule has 0 amide bonds. The van der Waals surface area contributed by atoms with Crippen molar-refractivity contribution in [2.24, 2.45) is 5.92 Å². The Morgan fingerprint density at radius 3 is 2.13 bits per heavy atom. The molecule has 30 heavy (non-hydrogen) atoms. The topological polar surface area (TPSA) is 63.6 Å². The molecule has 1 N–H and O–H groups in total. The summed E-state index contributed by atoms with van der Waals surface area (Å²) in [5.74, 6) is -0.0314. The molecule has 0 bridgehead atoms. The number of carboxylic acids is 1. The minimum atomic E-state index is -1.27. The van der Waals surface area contributed by atoms with Gasteiger partial charge in [0, 0.05) is 23.3 Å². The molecule has 0 fully saturated rings. The average Bonchev–Trinajstić information content (AvgIpc) is 2.68. The zero-order chi connectivity index (χ0) is 22.5. The summed E-state index contributed by atoms with van der Waals surface area (Å²) in [7, 11) is 0. The molecule has 0 spiro atoms. The van der Waals surface area contributed by atoms with Gasteiger partial charge in [0.15, 0.2) is 5.78 Å². The lowest BCUT2D eigenvalue weighted by atomic mass is 9.93. The largest absolute Gasteiger partial charge is 0.478 e. The van der Waals surface area contributed by atoms with E-state index in [4.69, 9.17) is 4.74 Å². The van der Waals surface area contributed by atoms with Crippen molar-refractivity contribution in [2.75, 3.05) is 6.26 Å².